The number of hydrogen-bond donors (Lipinski definition) is 3. The van der Waals surface area contributed by atoms with E-state index in [1.165, 1.54) is 45.6 Å². The zero-order chi connectivity index (χ0) is 12.8. The predicted octanol–water partition coefficient (Wildman–Crippen LogP) is -0.624. The van der Waals surface area contributed by atoms with E-state index in [4.69, 9.17) is 5.73 Å². The Bertz CT molecular complexity index is 262. The highest BCUT2D eigenvalue weighted by Gasteiger charge is 2.20. The van der Waals surface area contributed by atoms with E-state index in [0.717, 1.165) is 19.6 Å². The van der Waals surface area contributed by atoms with Crippen LogP contribution in [0.3, 0.4) is 0 Å². The molecule has 2 aliphatic rings. The van der Waals surface area contributed by atoms with Gasteiger partial charge in [0.2, 0.25) is 0 Å². The Morgan fingerprint density at radius 1 is 1.22 bits per heavy atom. The molecule has 0 aromatic carbocycles. The second-order valence-electron chi connectivity index (χ2n) is 5.40. The molecule has 1 atom stereocenters. The first-order chi connectivity index (χ1) is 8.74. The molecular weight excluding hydrogens is 226 g/mol. The van der Waals surface area contributed by atoms with Crippen LogP contribution in [-0.4, -0.2) is 68.2 Å². The minimum Gasteiger partial charge on any atom is -0.386 e. The van der Waals surface area contributed by atoms with Gasteiger partial charge in [0.1, 0.15) is 0 Å². The van der Waals surface area contributed by atoms with Crippen molar-refractivity contribution in [3.8, 4) is 0 Å². The Balaban J connectivity index is 1.67. The molecule has 2 fully saturated rings. The van der Waals surface area contributed by atoms with Crippen molar-refractivity contribution in [2.75, 3.05) is 52.4 Å². The summed E-state index contributed by atoms with van der Waals surface area (Å²) in [5.74, 6) is 0.601. The molecule has 104 valence electrons. The van der Waals surface area contributed by atoms with Crippen LogP contribution in [0.1, 0.15) is 12.8 Å². The Morgan fingerprint density at radius 2 is 1.94 bits per heavy atom. The van der Waals surface area contributed by atoms with Crippen molar-refractivity contribution in [3.05, 3.63) is 12.4 Å². The fraction of sp³-hybridized carbons (Fsp3) is 0.846. The second kappa shape index (κ2) is 6.97. The molecule has 18 heavy (non-hydrogen) atoms. The van der Waals surface area contributed by atoms with Crippen LogP contribution in [0.4, 0.5) is 0 Å². The lowest BCUT2D eigenvalue weighted by Crippen LogP contribution is -2.50. The maximum atomic E-state index is 5.62. The van der Waals surface area contributed by atoms with Crippen molar-refractivity contribution in [1.29, 1.82) is 0 Å². The normalized spacial score (nSPS) is 27.0. The molecule has 0 aliphatic carbocycles. The zero-order valence-electron chi connectivity index (χ0n) is 11.3. The van der Waals surface area contributed by atoms with E-state index in [1.54, 1.807) is 0 Å². The molecule has 0 saturated carbocycles. The summed E-state index contributed by atoms with van der Waals surface area (Å²) in [5.41, 5.74) is 5.62. The van der Waals surface area contributed by atoms with Gasteiger partial charge in [-0.05, 0) is 19.4 Å². The third-order valence-electron chi connectivity index (χ3n) is 3.84. The Morgan fingerprint density at radius 3 is 2.67 bits per heavy atom. The standard InChI is InChI=1S/C13H27N5/c1-12(14)16-13-3-2-6-18(11-13)10-9-17-7-4-15-5-8-17/h13,15-16H,1-11,14H2. The van der Waals surface area contributed by atoms with Gasteiger partial charge < -0.3 is 21.3 Å². The molecular formula is C13H27N5. The highest BCUT2D eigenvalue weighted by molar-refractivity contribution is 4.90. The Kier molecular flexibility index (Phi) is 5.28. The van der Waals surface area contributed by atoms with Gasteiger partial charge in [0.05, 0.1) is 5.82 Å². The molecule has 2 aliphatic heterocycles. The third kappa shape index (κ3) is 4.48. The molecule has 0 aromatic rings. The molecule has 2 saturated heterocycles. The van der Waals surface area contributed by atoms with E-state index in [1.807, 2.05) is 0 Å². The average Bonchev–Trinajstić information content (AvgIpc) is 2.37. The van der Waals surface area contributed by atoms with E-state index in [9.17, 15) is 0 Å². The first kappa shape index (κ1) is 13.6. The largest absolute Gasteiger partial charge is 0.386 e. The lowest BCUT2D eigenvalue weighted by Gasteiger charge is -2.35. The highest BCUT2D eigenvalue weighted by Crippen LogP contribution is 2.10. The quantitative estimate of drug-likeness (QED) is 0.609. The number of nitrogens with zero attached hydrogens (tertiary/aromatic N) is 2. The summed E-state index contributed by atoms with van der Waals surface area (Å²) in [6.45, 7) is 13.1. The fourth-order valence-corrected chi connectivity index (χ4v) is 2.86. The molecule has 0 amide bonds. The summed E-state index contributed by atoms with van der Waals surface area (Å²) in [6, 6.07) is 0.485. The SMILES string of the molecule is C=C(N)NC1CCCN(CCN2CCNCC2)C1. The minimum atomic E-state index is 0.485. The van der Waals surface area contributed by atoms with E-state index in [0.29, 0.717) is 11.9 Å². The van der Waals surface area contributed by atoms with Crippen molar-refractivity contribution in [1.82, 2.24) is 20.4 Å². The summed E-state index contributed by atoms with van der Waals surface area (Å²) < 4.78 is 0. The number of nitrogens with one attached hydrogen (secondary N) is 2. The van der Waals surface area contributed by atoms with Crippen LogP contribution in [0.25, 0.3) is 0 Å². The zero-order valence-corrected chi connectivity index (χ0v) is 11.3. The summed E-state index contributed by atoms with van der Waals surface area (Å²) in [7, 11) is 0. The lowest BCUT2D eigenvalue weighted by molar-refractivity contribution is 0.155. The number of nitrogens with two attached hydrogens (primary N) is 1. The Labute approximate surface area is 110 Å². The number of rotatable bonds is 5. The van der Waals surface area contributed by atoms with Crippen LogP contribution in [-0.2, 0) is 0 Å². The van der Waals surface area contributed by atoms with Crippen LogP contribution in [0.5, 0.6) is 0 Å². The van der Waals surface area contributed by atoms with Crippen LogP contribution >= 0.6 is 0 Å². The molecule has 2 rings (SSSR count). The number of likely N-dealkylation sites (tertiary alicyclic amines) is 1. The molecule has 2 heterocycles. The van der Waals surface area contributed by atoms with E-state index < -0.39 is 0 Å². The van der Waals surface area contributed by atoms with Crippen LogP contribution < -0.4 is 16.4 Å². The molecule has 4 N–H and O–H groups in total. The number of piperidine rings is 1. The fourth-order valence-electron chi connectivity index (χ4n) is 2.86. The monoisotopic (exact) mass is 253 g/mol. The molecule has 0 spiro atoms. The minimum absolute atomic E-state index is 0.485. The summed E-state index contributed by atoms with van der Waals surface area (Å²) in [4.78, 5) is 5.10. The predicted molar refractivity (Wildman–Crippen MR) is 75.2 cm³/mol. The second-order valence-corrected chi connectivity index (χ2v) is 5.40. The van der Waals surface area contributed by atoms with Gasteiger partial charge in [-0.2, -0.15) is 0 Å². The number of hydrogen-bond acceptors (Lipinski definition) is 5. The maximum absolute atomic E-state index is 5.62. The van der Waals surface area contributed by atoms with E-state index in [-0.39, 0.29) is 0 Å². The van der Waals surface area contributed by atoms with Crippen LogP contribution in [0, 0.1) is 0 Å². The van der Waals surface area contributed by atoms with Gasteiger partial charge in [0.15, 0.2) is 0 Å². The van der Waals surface area contributed by atoms with Crippen molar-refractivity contribution in [2.24, 2.45) is 5.73 Å². The topological polar surface area (TPSA) is 56.6 Å². The van der Waals surface area contributed by atoms with Crippen molar-refractivity contribution in [2.45, 2.75) is 18.9 Å². The Hall–Kier alpha value is -0.780. The number of piperazine rings is 1. The van der Waals surface area contributed by atoms with Gasteiger partial charge in [-0.1, -0.05) is 6.58 Å². The van der Waals surface area contributed by atoms with Gasteiger partial charge in [0, 0.05) is 51.9 Å². The van der Waals surface area contributed by atoms with Crippen LogP contribution in [0.15, 0.2) is 12.4 Å². The third-order valence-corrected chi connectivity index (χ3v) is 3.84. The lowest BCUT2D eigenvalue weighted by atomic mass is 10.1. The van der Waals surface area contributed by atoms with Gasteiger partial charge in [-0.15, -0.1) is 0 Å². The van der Waals surface area contributed by atoms with Gasteiger partial charge in [0.25, 0.3) is 0 Å². The molecule has 5 nitrogen and oxygen atoms in total. The molecule has 0 radical (unpaired) electrons. The summed E-state index contributed by atoms with van der Waals surface area (Å²) in [5, 5.41) is 6.66. The van der Waals surface area contributed by atoms with Crippen molar-refractivity contribution >= 4 is 0 Å². The highest BCUT2D eigenvalue weighted by atomic mass is 15.2. The first-order valence-electron chi connectivity index (χ1n) is 7.10. The van der Waals surface area contributed by atoms with E-state index in [2.05, 4.69) is 27.0 Å². The van der Waals surface area contributed by atoms with Gasteiger partial charge in [-0.25, -0.2) is 0 Å². The van der Waals surface area contributed by atoms with Gasteiger partial charge >= 0.3 is 0 Å². The molecule has 0 aromatic heterocycles. The maximum Gasteiger partial charge on any atom is 0.0888 e. The van der Waals surface area contributed by atoms with Crippen molar-refractivity contribution in [3.63, 3.8) is 0 Å². The first-order valence-corrected chi connectivity index (χ1v) is 7.10. The van der Waals surface area contributed by atoms with E-state index >= 15 is 0 Å². The molecule has 5 heteroatoms. The summed E-state index contributed by atoms with van der Waals surface area (Å²) in [6.07, 6.45) is 2.47. The summed E-state index contributed by atoms with van der Waals surface area (Å²) >= 11 is 0. The average molecular weight is 253 g/mol. The smallest absolute Gasteiger partial charge is 0.0888 e. The van der Waals surface area contributed by atoms with Gasteiger partial charge in [-0.3, -0.25) is 4.90 Å². The van der Waals surface area contributed by atoms with Crippen molar-refractivity contribution < 1.29 is 0 Å². The molecule has 0 bridgehead atoms. The van der Waals surface area contributed by atoms with Crippen LogP contribution in [0.2, 0.25) is 0 Å². The molecule has 1 unspecified atom stereocenters.